The molecule has 2 amide bonds. The van der Waals surface area contributed by atoms with Crippen LogP contribution in [0, 0.1) is 47.3 Å². The van der Waals surface area contributed by atoms with E-state index in [1.807, 2.05) is 0 Å². The summed E-state index contributed by atoms with van der Waals surface area (Å²) in [6, 6.07) is 8.54. The molecule has 4 heterocycles. The highest BCUT2D eigenvalue weighted by Gasteiger charge is 2.77. The fourth-order valence-corrected chi connectivity index (χ4v) is 14.1. The van der Waals surface area contributed by atoms with Crippen LogP contribution >= 0.6 is 11.5 Å². The number of nitrogens with zero attached hydrogens (tertiary/aromatic N) is 4. The van der Waals surface area contributed by atoms with Gasteiger partial charge in [0.15, 0.2) is 9.84 Å². The molecule has 9 rings (SSSR count). The first-order chi connectivity index (χ1) is 23.9. The van der Waals surface area contributed by atoms with Crippen LogP contribution in [0.25, 0.3) is 10.1 Å². The standard InChI is InChI=1S/C28H36N4O2S.C7H9NO6S/c33-27-24-18-9-10-19(15-18)25(24)28(34)32(27)17-21-6-2-1-5-20(21)16-30-11-13-31(14-12-30)26-22-7-3-4-8-23(22)35-29-26;8-7(6(11)12)1-15(13,14)4-2(3(4)7)5(9)10/h3-4,7-8,18-21,24-25H,1-2,5-6,9-17H2;2-4H,1,8H2,(H,9,10)(H,11,12)/t18-,19+,20-,21-,24+,25-;2-,3-,4+,7+/m01/s1. The van der Waals surface area contributed by atoms with Crippen molar-refractivity contribution < 1.29 is 37.8 Å². The molecule has 7 fully saturated rings. The molecule has 4 saturated carbocycles. The number of fused-ring (bicyclic) bond motifs is 7. The molecule has 1 aromatic carbocycles. The Kier molecular flexibility index (Phi) is 8.51. The number of carboxylic acid groups (broad SMARTS) is 2. The quantitative estimate of drug-likeness (QED) is 0.353. The van der Waals surface area contributed by atoms with Crippen LogP contribution < -0.4 is 10.6 Å². The summed E-state index contributed by atoms with van der Waals surface area (Å²) < 4.78 is 28.9. The third-order valence-corrected chi connectivity index (χ3v) is 16.2. The van der Waals surface area contributed by atoms with Crippen molar-refractivity contribution in [3.8, 4) is 0 Å². The van der Waals surface area contributed by atoms with Gasteiger partial charge in [-0.3, -0.25) is 29.0 Å². The molecule has 3 saturated heterocycles. The lowest BCUT2D eigenvalue weighted by molar-refractivity contribution is -0.145. The van der Waals surface area contributed by atoms with Crippen molar-refractivity contribution >= 4 is 61.0 Å². The van der Waals surface area contributed by atoms with E-state index < -0.39 is 50.2 Å². The summed E-state index contributed by atoms with van der Waals surface area (Å²) in [5.74, 6) is -1.99. The van der Waals surface area contributed by atoms with Gasteiger partial charge in [-0.1, -0.05) is 25.0 Å². The number of hydrogen-bond acceptors (Lipinski definition) is 11. The smallest absolute Gasteiger partial charge is 0.325 e. The zero-order valence-electron chi connectivity index (χ0n) is 27.9. The Morgan fingerprint density at radius 3 is 2.14 bits per heavy atom. The minimum atomic E-state index is -3.68. The summed E-state index contributed by atoms with van der Waals surface area (Å²) >= 11 is 1.60. The Labute approximate surface area is 295 Å². The van der Waals surface area contributed by atoms with Gasteiger partial charge in [-0.15, -0.1) is 0 Å². The number of rotatable bonds is 7. The molecule has 15 heteroatoms. The molecule has 7 aliphatic rings. The van der Waals surface area contributed by atoms with E-state index in [1.165, 1.54) is 29.3 Å². The third-order valence-electron chi connectivity index (χ3n) is 13.1. The number of hydrogen-bond donors (Lipinski definition) is 3. The van der Waals surface area contributed by atoms with Crippen LogP contribution in [-0.2, 0) is 29.0 Å². The number of likely N-dealkylation sites (tertiary alicyclic amines) is 1. The van der Waals surface area contributed by atoms with Crippen LogP contribution in [0.15, 0.2) is 24.3 Å². The predicted molar refractivity (Wildman–Crippen MR) is 185 cm³/mol. The topological polar surface area (TPSA) is 192 Å². The highest BCUT2D eigenvalue weighted by Crippen LogP contribution is 2.57. The Morgan fingerprint density at radius 2 is 1.54 bits per heavy atom. The Morgan fingerprint density at radius 1 is 0.920 bits per heavy atom. The van der Waals surface area contributed by atoms with Gasteiger partial charge in [-0.05, 0) is 79.4 Å². The highest BCUT2D eigenvalue weighted by molar-refractivity contribution is 7.92. The van der Waals surface area contributed by atoms with E-state index in [0.29, 0.717) is 30.2 Å². The molecule has 0 unspecified atom stereocenters. The summed E-state index contributed by atoms with van der Waals surface area (Å²) in [7, 11) is -3.68. The van der Waals surface area contributed by atoms with Gasteiger partial charge in [-0.25, -0.2) is 8.42 Å². The third kappa shape index (κ3) is 5.54. The fraction of sp³-hybridized carbons (Fsp3) is 0.686. The average Bonchev–Trinajstić information content (AvgIpc) is 3.42. The summed E-state index contributed by atoms with van der Waals surface area (Å²) in [6.07, 6.45) is 8.35. The summed E-state index contributed by atoms with van der Waals surface area (Å²) in [5.41, 5.74) is 3.51. The maximum Gasteiger partial charge on any atom is 0.325 e. The first-order valence-corrected chi connectivity index (χ1v) is 20.5. The van der Waals surface area contributed by atoms with Crippen LogP contribution in [0.1, 0.15) is 44.9 Å². The van der Waals surface area contributed by atoms with E-state index in [4.69, 9.17) is 20.3 Å². The van der Waals surface area contributed by atoms with Crippen molar-refractivity contribution in [2.24, 2.45) is 53.1 Å². The van der Waals surface area contributed by atoms with Crippen LogP contribution in [0.3, 0.4) is 0 Å². The predicted octanol–water partition coefficient (Wildman–Crippen LogP) is 2.15. The van der Waals surface area contributed by atoms with Gasteiger partial charge in [0.2, 0.25) is 11.8 Å². The lowest BCUT2D eigenvalue weighted by Crippen LogP contribution is -2.53. The van der Waals surface area contributed by atoms with Crippen LogP contribution in [0.5, 0.6) is 0 Å². The minimum Gasteiger partial charge on any atom is -0.481 e. The lowest BCUT2D eigenvalue weighted by atomic mass is 9.78. The summed E-state index contributed by atoms with van der Waals surface area (Å²) in [6.45, 7) is 5.93. The number of sulfone groups is 1. The number of aliphatic carboxylic acids is 2. The first kappa shape index (κ1) is 34.0. The van der Waals surface area contributed by atoms with E-state index in [9.17, 15) is 27.6 Å². The Balaban J connectivity index is 0.000000202. The van der Waals surface area contributed by atoms with Crippen LogP contribution in [-0.4, -0.2) is 112 Å². The molecule has 0 radical (unpaired) electrons. The molecule has 270 valence electrons. The number of benzene rings is 1. The summed E-state index contributed by atoms with van der Waals surface area (Å²) in [5, 5.41) is 17.7. The average molecular weight is 728 g/mol. The maximum atomic E-state index is 13.3. The summed E-state index contributed by atoms with van der Waals surface area (Å²) in [4.78, 5) is 54.9. The van der Waals surface area contributed by atoms with E-state index in [1.54, 1.807) is 16.4 Å². The minimum absolute atomic E-state index is 0.0261. The van der Waals surface area contributed by atoms with Crippen molar-refractivity contribution in [1.29, 1.82) is 0 Å². The maximum absolute atomic E-state index is 13.3. The normalized spacial score (nSPS) is 38.5. The molecule has 50 heavy (non-hydrogen) atoms. The fourth-order valence-electron chi connectivity index (χ4n) is 10.6. The number of amides is 2. The number of anilines is 1. The molecule has 2 bridgehead atoms. The molecule has 4 N–H and O–H groups in total. The van der Waals surface area contributed by atoms with Crippen LogP contribution in [0.2, 0.25) is 0 Å². The first-order valence-electron chi connectivity index (χ1n) is 18.0. The molecule has 1 aromatic heterocycles. The van der Waals surface area contributed by atoms with E-state index in [-0.39, 0.29) is 23.7 Å². The molecule has 3 aliphatic heterocycles. The van der Waals surface area contributed by atoms with Gasteiger partial charge in [0, 0.05) is 50.6 Å². The van der Waals surface area contributed by atoms with Gasteiger partial charge in [0.05, 0.1) is 33.5 Å². The van der Waals surface area contributed by atoms with E-state index in [2.05, 4.69) is 34.1 Å². The molecular formula is C35H45N5O8S2. The van der Waals surface area contributed by atoms with Crippen molar-refractivity contribution in [2.75, 3.05) is 49.9 Å². The van der Waals surface area contributed by atoms with Crippen molar-refractivity contribution in [1.82, 2.24) is 14.2 Å². The second-order valence-corrected chi connectivity index (χ2v) is 18.7. The molecule has 10 atom stereocenters. The zero-order valence-corrected chi connectivity index (χ0v) is 29.6. The Hall–Kier alpha value is -3.14. The van der Waals surface area contributed by atoms with Crippen molar-refractivity contribution in [3.63, 3.8) is 0 Å². The molecular weight excluding hydrogens is 683 g/mol. The van der Waals surface area contributed by atoms with Gasteiger partial charge in [0.25, 0.3) is 0 Å². The number of carboxylic acids is 2. The zero-order chi connectivity index (χ0) is 35.1. The molecule has 0 spiro atoms. The molecule has 13 nitrogen and oxygen atoms in total. The van der Waals surface area contributed by atoms with Crippen LogP contribution in [0.4, 0.5) is 5.82 Å². The number of piperazine rings is 1. The van der Waals surface area contributed by atoms with Gasteiger partial charge < -0.3 is 20.8 Å². The second-order valence-electron chi connectivity index (χ2n) is 15.8. The highest BCUT2D eigenvalue weighted by atomic mass is 32.2. The number of aromatic nitrogens is 1. The van der Waals surface area contributed by atoms with E-state index >= 15 is 0 Å². The molecule has 4 aliphatic carbocycles. The number of imide groups is 1. The van der Waals surface area contributed by atoms with Gasteiger partial charge in [-0.2, -0.15) is 4.37 Å². The largest absolute Gasteiger partial charge is 0.481 e. The van der Waals surface area contributed by atoms with Gasteiger partial charge in [0.1, 0.15) is 11.4 Å². The van der Waals surface area contributed by atoms with E-state index in [0.717, 1.165) is 64.2 Å². The van der Waals surface area contributed by atoms with Crippen molar-refractivity contribution in [2.45, 2.75) is 55.7 Å². The number of nitrogens with two attached hydrogens (primary N) is 1. The van der Waals surface area contributed by atoms with Crippen molar-refractivity contribution in [3.05, 3.63) is 24.3 Å². The SMILES string of the molecule is N[C@@]1(C(=O)O)CS(=O)(=O)[C@H]2[C@H](C(=O)O)[C@H]21.O=C1[C@@H]2[C@H]3CC[C@H](C3)[C@@H]2C(=O)N1C[C@@H]1CCCC[C@H]1CN1CCN(c2nsc3ccccc23)CC1. The monoisotopic (exact) mass is 727 g/mol. The lowest BCUT2D eigenvalue weighted by Gasteiger charge is -2.40. The Bertz CT molecular complexity index is 1800. The number of carbonyl (C=O) groups is 4. The van der Waals surface area contributed by atoms with Gasteiger partial charge >= 0.3 is 11.9 Å². The number of carbonyl (C=O) groups excluding carboxylic acids is 2. The second kappa shape index (κ2) is 12.5. The molecule has 2 aromatic rings.